The van der Waals surface area contributed by atoms with Gasteiger partial charge < -0.3 is 0 Å². The first-order valence-electron chi connectivity index (χ1n) is 3.33. The molecule has 42 valence electrons. The van der Waals surface area contributed by atoms with Gasteiger partial charge in [-0.2, -0.15) is 4.39 Å². The van der Waals surface area contributed by atoms with Crippen molar-refractivity contribution in [1.29, 1.82) is 0 Å². The van der Waals surface area contributed by atoms with Gasteiger partial charge in [0.2, 0.25) is 5.95 Å². The van der Waals surface area contributed by atoms with Gasteiger partial charge in [-0.1, -0.05) is 0 Å². The predicted octanol–water partition coefficient (Wildman–Crippen LogP) is 1.36. The number of halogens is 2. The Morgan fingerprint density at radius 2 is 2.38 bits per heavy atom. The quantitative estimate of drug-likeness (QED) is 0.469. The number of rotatable bonds is 0. The molecule has 0 bridgehead atoms. The highest BCUT2D eigenvalue weighted by atomic mass is 19.2. The van der Waals surface area contributed by atoms with Gasteiger partial charge in [-0.3, -0.25) is 0 Å². The minimum absolute atomic E-state index is 0.705. The van der Waals surface area contributed by atoms with Crippen LogP contribution in [0.5, 0.6) is 0 Å². The van der Waals surface area contributed by atoms with Crippen molar-refractivity contribution in [1.82, 2.24) is 4.98 Å². The molecule has 0 atom stereocenters. The third-order valence-electron chi connectivity index (χ3n) is 0.563. The highest BCUT2D eigenvalue weighted by Gasteiger charge is 1.95. The van der Waals surface area contributed by atoms with Gasteiger partial charge in [-0.15, -0.1) is 0 Å². The summed E-state index contributed by atoms with van der Waals surface area (Å²) in [6, 6.07) is -1.63. The van der Waals surface area contributed by atoms with E-state index in [9.17, 15) is 8.78 Å². The van der Waals surface area contributed by atoms with Crippen molar-refractivity contribution in [3.63, 3.8) is 0 Å². The fraction of sp³-hybridized carbons (Fsp3) is 0. The number of pyridine rings is 1. The molecule has 1 nitrogen and oxygen atoms in total. The van der Waals surface area contributed by atoms with E-state index in [-0.39, 0.29) is 0 Å². The largest absolute Gasteiger partial charge is 0.248 e. The third-order valence-corrected chi connectivity index (χ3v) is 0.563. The SMILES string of the molecule is [2H]c1nc(F)c(F)c([2H])c1[2H]. The first-order chi connectivity index (χ1) is 5.04. The van der Waals surface area contributed by atoms with Crippen LogP contribution in [-0.4, -0.2) is 4.98 Å². The van der Waals surface area contributed by atoms with Crippen molar-refractivity contribution in [3.8, 4) is 0 Å². The van der Waals surface area contributed by atoms with Crippen LogP contribution in [0.2, 0.25) is 0 Å². The fourth-order valence-electron chi connectivity index (χ4n) is 0.261. The van der Waals surface area contributed by atoms with Crippen LogP contribution in [0.1, 0.15) is 4.11 Å². The van der Waals surface area contributed by atoms with Crippen LogP contribution in [0.15, 0.2) is 18.3 Å². The van der Waals surface area contributed by atoms with Gasteiger partial charge in [0.25, 0.3) is 0 Å². The molecule has 1 aromatic heterocycles. The second-order valence-corrected chi connectivity index (χ2v) is 1.08. The molecule has 0 saturated heterocycles. The van der Waals surface area contributed by atoms with Crippen LogP contribution >= 0.6 is 0 Å². The molecule has 0 aromatic carbocycles. The summed E-state index contributed by atoms with van der Waals surface area (Å²) in [5.41, 5.74) is 0. The zero-order chi connectivity index (χ0) is 8.59. The van der Waals surface area contributed by atoms with Crippen molar-refractivity contribution in [2.45, 2.75) is 0 Å². The lowest BCUT2D eigenvalue weighted by molar-refractivity contribution is 0.479. The molecule has 1 heterocycles. The normalized spacial score (nSPS) is 14.5. The molecule has 1 aromatic rings. The van der Waals surface area contributed by atoms with Gasteiger partial charge in [0.1, 0.15) is 0 Å². The summed E-state index contributed by atoms with van der Waals surface area (Å²) in [7, 11) is 0. The molecule has 0 saturated carbocycles. The molecule has 0 aliphatic rings. The lowest BCUT2D eigenvalue weighted by atomic mass is 10.5. The van der Waals surface area contributed by atoms with E-state index in [0.29, 0.717) is 0 Å². The van der Waals surface area contributed by atoms with E-state index in [0.717, 1.165) is 0 Å². The molecule has 0 aliphatic heterocycles. The second-order valence-electron chi connectivity index (χ2n) is 1.08. The van der Waals surface area contributed by atoms with E-state index in [1.165, 1.54) is 0 Å². The van der Waals surface area contributed by atoms with Crippen LogP contribution in [0, 0.1) is 11.8 Å². The Kier molecular flexibility index (Phi) is 0.587. The standard InChI is InChI=1S/C5H3F2N/c6-4-2-1-3-8-5(4)7/h1-3H/i1D,2D,3D. The molecular formula is C5H3F2N. The fourth-order valence-corrected chi connectivity index (χ4v) is 0.261. The topological polar surface area (TPSA) is 12.9 Å². The zero-order valence-electron chi connectivity index (χ0n) is 6.70. The Labute approximate surface area is 49.2 Å². The van der Waals surface area contributed by atoms with Crippen LogP contribution in [0.3, 0.4) is 0 Å². The maximum atomic E-state index is 12.3. The summed E-state index contributed by atoms with van der Waals surface area (Å²) < 4.78 is 44.9. The molecule has 0 unspecified atom stereocenters. The molecule has 0 aliphatic carbocycles. The smallest absolute Gasteiger partial charge is 0.226 e. The van der Waals surface area contributed by atoms with Gasteiger partial charge in [-0.25, -0.2) is 9.37 Å². The monoisotopic (exact) mass is 118 g/mol. The first kappa shape index (κ1) is 2.53. The van der Waals surface area contributed by atoms with Crippen LogP contribution in [0.25, 0.3) is 0 Å². The summed E-state index contributed by atoms with van der Waals surface area (Å²) in [5, 5.41) is 0. The average molecular weight is 118 g/mol. The van der Waals surface area contributed by atoms with Crippen LogP contribution in [0.4, 0.5) is 8.78 Å². The molecule has 0 amide bonds. The molecule has 3 heteroatoms. The van der Waals surface area contributed by atoms with Crippen molar-refractivity contribution in [3.05, 3.63) is 30.0 Å². The van der Waals surface area contributed by atoms with E-state index < -0.39 is 30.0 Å². The maximum Gasteiger partial charge on any atom is 0.248 e. The zero-order valence-corrected chi connectivity index (χ0v) is 3.70. The molecule has 0 N–H and O–H groups in total. The third kappa shape index (κ3) is 0.804. The lowest BCUT2D eigenvalue weighted by Crippen LogP contribution is -1.84. The van der Waals surface area contributed by atoms with Gasteiger partial charge in [-0.05, 0) is 12.1 Å². The molecule has 0 radical (unpaired) electrons. The van der Waals surface area contributed by atoms with Crippen molar-refractivity contribution < 1.29 is 12.9 Å². The van der Waals surface area contributed by atoms with E-state index >= 15 is 0 Å². The number of hydrogen-bond acceptors (Lipinski definition) is 1. The summed E-state index contributed by atoms with van der Waals surface area (Å²) >= 11 is 0. The second kappa shape index (κ2) is 1.86. The van der Waals surface area contributed by atoms with Crippen molar-refractivity contribution >= 4 is 0 Å². The number of hydrogen-bond donors (Lipinski definition) is 0. The van der Waals surface area contributed by atoms with Gasteiger partial charge >= 0.3 is 0 Å². The van der Waals surface area contributed by atoms with E-state index in [4.69, 9.17) is 4.11 Å². The summed E-state index contributed by atoms with van der Waals surface area (Å²) in [6.07, 6.45) is -0.728. The Balaban J connectivity index is 3.46. The number of aromatic nitrogens is 1. The summed E-state index contributed by atoms with van der Waals surface area (Å²) in [6.45, 7) is 0. The molecule has 0 fully saturated rings. The molecular weight excluding hydrogens is 112 g/mol. The molecule has 8 heavy (non-hydrogen) atoms. The maximum absolute atomic E-state index is 12.3. The number of nitrogens with zero attached hydrogens (tertiary/aromatic N) is 1. The summed E-state index contributed by atoms with van der Waals surface area (Å²) in [4.78, 5) is 2.75. The Bertz CT molecular complexity index is 276. The predicted molar refractivity (Wildman–Crippen MR) is 24.2 cm³/mol. The summed E-state index contributed by atoms with van der Waals surface area (Å²) in [5.74, 6) is -2.98. The minimum Gasteiger partial charge on any atom is -0.226 e. The average Bonchev–Trinajstić information content (AvgIpc) is 1.97. The van der Waals surface area contributed by atoms with Crippen LogP contribution in [-0.2, 0) is 0 Å². The van der Waals surface area contributed by atoms with Gasteiger partial charge in [0.15, 0.2) is 5.82 Å². The minimum atomic E-state index is -1.50. The first-order valence-corrected chi connectivity index (χ1v) is 1.83. The Morgan fingerprint density at radius 3 is 3.12 bits per heavy atom. The highest BCUT2D eigenvalue weighted by molar-refractivity contribution is 4.95. The van der Waals surface area contributed by atoms with E-state index in [2.05, 4.69) is 4.98 Å². The van der Waals surface area contributed by atoms with Crippen molar-refractivity contribution in [2.75, 3.05) is 0 Å². The van der Waals surface area contributed by atoms with Crippen molar-refractivity contribution in [2.24, 2.45) is 0 Å². The highest BCUT2D eigenvalue weighted by Crippen LogP contribution is 1.97. The Morgan fingerprint density at radius 1 is 1.62 bits per heavy atom. The molecule has 1 rings (SSSR count). The Hall–Kier alpha value is -0.990. The van der Waals surface area contributed by atoms with E-state index in [1.807, 2.05) is 0 Å². The van der Waals surface area contributed by atoms with E-state index in [1.54, 1.807) is 0 Å². The van der Waals surface area contributed by atoms with Gasteiger partial charge in [0, 0.05) is 6.17 Å². The lowest BCUT2D eigenvalue weighted by Gasteiger charge is -1.84. The molecule has 0 spiro atoms. The van der Waals surface area contributed by atoms with Crippen LogP contribution < -0.4 is 0 Å². The van der Waals surface area contributed by atoms with Gasteiger partial charge in [0.05, 0.1) is 4.11 Å².